The summed E-state index contributed by atoms with van der Waals surface area (Å²) in [4.78, 5) is 67.1. The van der Waals surface area contributed by atoms with Gasteiger partial charge in [0.2, 0.25) is 11.8 Å². The van der Waals surface area contributed by atoms with Gasteiger partial charge in [0.1, 0.15) is 41.6 Å². The molecule has 2 saturated heterocycles. The van der Waals surface area contributed by atoms with Crippen LogP contribution in [-0.2, 0) is 65.9 Å². The Kier molecular flexibility index (Phi) is 24.1. The van der Waals surface area contributed by atoms with Crippen LogP contribution in [-0.4, -0.2) is 183 Å². The fourth-order valence-corrected chi connectivity index (χ4v) is 13.2. The molecule has 8 aromatic rings. The number of ether oxygens (including phenoxy) is 7. The summed E-state index contributed by atoms with van der Waals surface area (Å²) in [5, 5.41) is 31.3. The molecule has 6 heterocycles. The van der Waals surface area contributed by atoms with Crippen LogP contribution in [0.25, 0.3) is 32.8 Å². The normalized spacial score (nSPS) is 16.5. The Balaban J connectivity index is 0.523. The number of amides is 4. The summed E-state index contributed by atoms with van der Waals surface area (Å²) in [5.41, 5.74) is 12.5. The Morgan fingerprint density at radius 1 is 0.771 bits per heavy atom. The van der Waals surface area contributed by atoms with Crippen molar-refractivity contribution in [2.75, 3.05) is 86.3 Å². The summed E-state index contributed by atoms with van der Waals surface area (Å²) in [7, 11) is 1.66. The summed E-state index contributed by atoms with van der Waals surface area (Å²) >= 11 is 1.53. The van der Waals surface area contributed by atoms with Gasteiger partial charge in [0.05, 0.1) is 114 Å². The van der Waals surface area contributed by atoms with Gasteiger partial charge in [-0.25, -0.2) is 14.5 Å². The molecule has 24 heteroatoms. The van der Waals surface area contributed by atoms with Crippen LogP contribution in [0, 0.1) is 12.8 Å². The number of aliphatic hydroxyl groups is 1. The third-order valence-electron chi connectivity index (χ3n) is 17.5. The van der Waals surface area contributed by atoms with E-state index in [0.717, 1.165) is 93.1 Å². The lowest BCUT2D eigenvalue weighted by molar-refractivity contribution is -0.143. The van der Waals surface area contributed by atoms with Gasteiger partial charge < -0.3 is 58.3 Å². The molecular formula is C72H85N11O12S. The lowest BCUT2D eigenvalue weighted by Crippen LogP contribution is -2.55. The maximum Gasteiger partial charge on any atom is 0.362 e. The van der Waals surface area contributed by atoms with Crippen molar-refractivity contribution in [1.29, 1.82) is 0 Å². The predicted octanol–water partition coefficient (Wildman–Crippen LogP) is 9.39. The zero-order valence-electron chi connectivity index (χ0n) is 55.0. The molecule has 5 aromatic carbocycles. The molecule has 2 N–H and O–H groups in total. The fraction of sp³-hybridized carbons (Fsp3) is 0.431. The molecule has 0 saturated carbocycles. The quantitative estimate of drug-likeness (QED) is 0.0363. The first kappa shape index (κ1) is 68.6. The molecule has 506 valence electrons. The summed E-state index contributed by atoms with van der Waals surface area (Å²) in [6.45, 7) is 11.6. The molecule has 0 spiro atoms. The number of β-amino-alcohol motifs (C(OH)–C–C–N with tert-alkyl or cyclic N) is 1. The van der Waals surface area contributed by atoms with Crippen molar-refractivity contribution in [3.63, 3.8) is 0 Å². The van der Waals surface area contributed by atoms with Gasteiger partial charge in [-0.05, 0) is 103 Å². The monoisotopic (exact) mass is 1330 g/mol. The number of thiazole rings is 1. The highest BCUT2D eigenvalue weighted by molar-refractivity contribution is 7.13. The number of nitrogens with zero attached hydrogens (tertiary/aromatic N) is 10. The maximum absolute atomic E-state index is 14.3. The summed E-state index contributed by atoms with van der Waals surface area (Å²) in [5.74, 6) is 0.165. The Morgan fingerprint density at radius 2 is 1.47 bits per heavy atom. The standard InChI is InChI=1S/C72H85N11O12S/c1-49(2)67(82-44-58-11-5-6-12-62(58)70(82)86)71(87)81-46-60(84)41-65(81)69(85)73-42-57-23-22-56(68-50(3)74-48-96-68)40-66(57)95-39-38-93-37-36-92-35-34-91-33-32-90-31-29-79-45-59(76-78-79)47-94-30-9-10-51-14-16-55(17-15-51)64-13-7-8-28-80(64)72(88)83-75-43-63(77-83)54-20-18-52(19-21-54)53-24-26-61(89-4)27-25-53/h5-6,11-12,14-27,40,43,45,48-49,60,64-65,67,84H,7-10,13,28-39,41-42,44,46-47H2,1-4H3,(H,73,85)/t60-,64?,65+,67+/m1/s1. The number of carbonyl (C=O) groups is 4. The number of hydrogen-bond acceptors (Lipinski definition) is 18. The third kappa shape index (κ3) is 17.6. The topological polar surface area (TPSA) is 249 Å². The zero-order chi connectivity index (χ0) is 66.8. The van der Waals surface area contributed by atoms with Gasteiger partial charge in [0.25, 0.3) is 5.91 Å². The Morgan fingerprint density at radius 3 is 2.18 bits per heavy atom. The average Bonchev–Trinajstić information content (AvgIpc) is 1.62. The van der Waals surface area contributed by atoms with E-state index in [1.807, 2.05) is 117 Å². The average molecular weight is 1330 g/mol. The van der Waals surface area contributed by atoms with E-state index in [1.54, 1.807) is 34.5 Å². The third-order valence-corrected chi connectivity index (χ3v) is 18.5. The van der Waals surface area contributed by atoms with Crippen molar-refractivity contribution >= 4 is 35.1 Å². The molecular weight excluding hydrogens is 1240 g/mol. The van der Waals surface area contributed by atoms with Gasteiger partial charge in [-0.2, -0.15) is 5.10 Å². The molecule has 1 unspecified atom stereocenters. The zero-order valence-corrected chi connectivity index (χ0v) is 55.8. The van der Waals surface area contributed by atoms with E-state index in [1.165, 1.54) is 26.6 Å². The molecule has 0 bridgehead atoms. The van der Waals surface area contributed by atoms with Crippen LogP contribution >= 0.6 is 11.3 Å². The van der Waals surface area contributed by atoms with E-state index in [4.69, 9.17) is 33.2 Å². The second-order valence-corrected chi connectivity index (χ2v) is 25.3. The first-order valence-electron chi connectivity index (χ1n) is 33.0. The number of piperidine rings is 1. The SMILES string of the molecule is COc1ccc(-c2ccc(-c3cnn(C(=O)N4CCCCC4c4ccc(CCCOCc5cn(CCOCCOCCOCCOCCOc6cc(-c7scnc7C)ccc6CNC(=O)[C@@H]6C[C@@H](O)CN6C(=O)[C@H](C(C)C)N6Cc7ccccc7C6=O)nn5)cc4)n3)cc2)cc1. The molecule has 23 nitrogen and oxygen atoms in total. The highest BCUT2D eigenvalue weighted by atomic mass is 32.1. The van der Waals surface area contributed by atoms with Crippen LogP contribution in [0.5, 0.6) is 11.5 Å². The summed E-state index contributed by atoms with van der Waals surface area (Å²) in [6.07, 6.45) is 7.27. The second kappa shape index (κ2) is 33.8. The summed E-state index contributed by atoms with van der Waals surface area (Å²) < 4.78 is 42.3. The highest BCUT2D eigenvalue weighted by Gasteiger charge is 2.46. The van der Waals surface area contributed by atoms with E-state index in [-0.39, 0.29) is 55.9 Å². The fourth-order valence-electron chi connectivity index (χ4n) is 12.4. The number of likely N-dealkylation sites (tertiary alicyclic amines) is 2. The number of carbonyl (C=O) groups excluding carboxylic acids is 4. The van der Waals surface area contributed by atoms with Crippen LogP contribution < -0.4 is 14.8 Å². The van der Waals surface area contributed by atoms with E-state index < -0.39 is 24.1 Å². The number of aryl methyl sites for hydroxylation is 2. The number of methoxy groups -OCH3 is 1. The predicted molar refractivity (Wildman–Crippen MR) is 360 cm³/mol. The number of aliphatic hydroxyl groups excluding tert-OH is 1. The van der Waals surface area contributed by atoms with Gasteiger partial charge in [-0.3, -0.25) is 14.4 Å². The van der Waals surface area contributed by atoms with Crippen molar-refractivity contribution in [2.45, 2.75) is 110 Å². The van der Waals surface area contributed by atoms with E-state index >= 15 is 0 Å². The molecule has 0 radical (unpaired) electrons. The van der Waals surface area contributed by atoms with Crippen molar-refractivity contribution in [3.8, 4) is 44.3 Å². The van der Waals surface area contributed by atoms with Gasteiger partial charge >= 0.3 is 6.03 Å². The van der Waals surface area contributed by atoms with Crippen LogP contribution in [0.1, 0.15) is 96.0 Å². The molecule has 4 atom stereocenters. The first-order valence-corrected chi connectivity index (χ1v) is 33.9. The minimum absolute atomic E-state index is 0.00649. The van der Waals surface area contributed by atoms with Gasteiger partial charge in [-0.15, -0.1) is 21.5 Å². The molecule has 3 aliphatic rings. The number of benzene rings is 5. The first-order chi connectivity index (χ1) is 46.9. The van der Waals surface area contributed by atoms with Crippen LogP contribution in [0.2, 0.25) is 0 Å². The summed E-state index contributed by atoms with van der Waals surface area (Å²) in [6, 6.07) is 35.7. The second-order valence-electron chi connectivity index (χ2n) is 24.5. The number of nitrogens with one attached hydrogen (secondary N) is 1. The van der Waals surface area contributed by atoms with Crippen LogP contribution in [0.15, 0.2) is 133 Å². The van der Waals surface area contributed by atoms with Gasteiger partial charge in [0, 0.05) is 55.9 Å². The molecule has 2 fully saturated rings. The van der Waals surface area contributed by atoms with Crippen molar-refractivity contribution in [3.05, 3.63) is 172 Å². The Labute approximate surface area is 563 Å². The van der Waals surface area contributed by atoms with E-state index in [9.17, 15) is 24.3 Å². The maximum atomic E-state index is 14.3. The Bertz CT molecular complexity index is 3840. The molecule has 3 aliphatic heterocycles. The minimum Gasteiger partial charge on any atom is -0.497 e. The molecule has 0 aliphatic carbocycles. The lowest BCUT2D eigenvalue weighted by atomic mass is 9.94. The van der Waals surface area contributed by atoms with Crippen LogP contribution in [0.4, 0.5) is 4.79 Å². The van der Waals surface area contributed by atoms with Crippen molar-refractivity contribution in [1.82, 2.24) is 55.0 Å². The van der Waals surface area contributed by atoms with Gasteiger partial charge in [-0.1, -0.05) is 115 Å². The molecule has 3 aromatic heterocycles. The van der Waals surface area contributed by atoms with Gasteiger partial charge in [0.15, 0.2) is 0 Å². The van der Waals surface area contributed by atoms with Crippen molar-refractivity contribution < 1.29 is 57.4 Å². The number of rotatable bonds is 33. The Hall–Kier alpha value is -8.75. The largest absolute Gasteiger partial charge is 0.497 e. The smallest absolute Gasteiger partial charge is 0.362 e. The van der Waals surface area contributed by atoms with Crippen molar-refractivity contribution in [2.24, 2.45) is 5.92 Å². The lowest BCUT2D eigenvalue weighted by Gasteiger charge is -2.35. The molecule has 11 rings (SSSR count). The number of aromatic nitrogens is 7. The number of hydrogen-bond donors (Lipinski definition) is 2. The highest BCUT2D eigenvalue weighted by Crippen LogP contribution is 2.35. The minimum atomic E-state index is -0.919. The van der Waals surface area contributed by atoms with E-state index in [2.05, 4.69) is 55.1 Å². The molecule has 96 heavy (non-hydrogen) atoms. The van der Waals surface area contributed by atoms with E-state index in [0.29, 0.717) is 103 Å². The van der Waals surface area contributed by atoms with Crippen LogP contribution in [0.3, 0.4) is 0 Å². The molecule has 4 amide bonds. The number of fused-ring (bicyclic) bond motifs is 1.